The van der Waals surface area contributed by atoms with E-state index in [0.717, 1.165) is 0 Å². The third kappa shape index (κ3) is 3.22. The lowest BCUT2D eigenvalue weighted by atomic mass is 10.4. The van der Waals surface area contributed by atoms with Crippen molar-refractivity contribution in [1.29, 1.82) is 0 Å². The van der Waals surface area contributed by atoms with Crippen LogP contribution in [0.1, 0.15) is 23.6 Å². The molecule has 1 aliphatic rings. The summed E-state index contributed by atoms with van der Waals surface area (Å²) in [5.74, 6) is 0.672. The second-order valence-corrected chi connectivity index (χ2v) is 9.71. The summed E-state index contributed by atoms with van der Waals surface area (Å²) >= 11 is 12.1. The Morgan fingerprint density at radius 3 is 2.67 bits per heavy atom. The van der Waals surface area contributed by atoms with Crippen molar-refractivity contribution in [1.82, 2.24) is 14.1 Å². The molecule has 1 saturated carbocycles. The highest BCUT2D eigenvalue weighted by molar-refractivity contribution is 7.89. The second kappa shape index (κ2) is 6.05. The monoisotopic (exact) mass is 391 g/mol. The number of nitrogens with zero attached hydrogens (tertiary/aromatic N) is 3. The largest absolute Gasteiger partial charge is 0.468 e. The topological polar surface area (TPSA) is 68.3 Å². The van der Waals surface area contributed by atoms with Crippen LogP contribution in [0.5, 0.6) is 0 Å². The SMILES string of the molecule is Cc1nn(C[C@H]2CC2(Cl)Cl)c(C)c1S(=O)(=O)N(C)Cc1ccco1. The molecule has 0 saturated heterocycles. The van der Waals surface area contributed by atoms with E-state index >= 15 is 0 Å². The summed E-state index contributed by atoms with van der Waals surface area (Å²) in [6.07, 6.45) is 2.21. The van der Waals surface area contributed by atoms with E-state index in [1.54, 1.807) is 30.7 Å². The van der Waals surface area contributed by atoms with Crippen LogP contribution in [0.2, 0.25) is 0 Å². The zero-order valence-electron chi connectivity index (χ0n) is 13.7. The summed E-state index contributed by atoms with van der Waals surface area (Å²) in [6.45, 7) is 4.12. The molecular formula is C15H19Cl2N3O3S. The lowest BCUT2D eigenvalue weighted by molar-refractivity contribution is 0.405. The predicted octanol–water partition coefficient (Wildman–Crippen LogP) is 3.11. The van der Waals surface area contributed by atoms with E-state index in [0.29, 0.717) is 30.1 Å². The number of hydrogen-bond donors (Lipinski definition) is 0. The first-order valence-corrected chi connectivity index (χ1v) is 9.73. The van der Waals surface area contributed by atoms with E-state index in [1.807, 2.05) is 0 Å². The van der Waals surface area contributed by atoms with Gasteiger partial charge in [0, 0.05) is 19.5 Å². The molecule has 0 aliphatic heterocycles. The molecule has 0 aromatic carbocycles. The third-order valence-corrected chi connectivity index (χ3v) is 7.27. The smallest absolute Gasteiger partial charge is 0.246 e. The quantitative estimate of drug-likeness (QED) is 0.709. The molecule has 1 atom stereocenters. The molecule has 2 heterocycles. The molecule has 0 spiro atoms. The van der Waals surface area contributed by atoms with Crippen molar-refractivity contribution in [3.63, 3.8) is 0 Å². The molecule has 0 N–H and O–H groups in total. The van der Waals surface area contributed by atoms with Crippen molar-refractivity contribution in [3.8, 4) is 0 Å². The molecule has 0 unspecified atom stereocenters. The first-order chi connectivity index (χ1) is 11.1. The average Bonchev–Trinajstić information content (AvgIpc) is 2.82. The Bertz CT molecular complexity index is 844. The number of halogens is 2. The molecule has 1 aliphatic carbocycles. The normalized spacial score (nSPS) is 19.8. The van der Waals surface area contributed by atoms with Crippen LogP contribution >= 0.6 is 23.2 Å². The maximum absolute atomic E-state index is 12.9. The molecule has 6 nitrogen and oxygen atoms in total. The molecular weight excluding hydrogens is 373 g/mol. The lowest BCUT2D eigenvalue weighted by Gasteiger charge is -2.16. The van der Waals surface area contributed by atoms with Gasteiger partial charge in [0.25, 0.3) is 0 Å². The van der Waals surface area contributed by atoms with Gasteiger partial charge in [-0.15, -0.1) is 23.2 Å². The van der Waals surface area contributed by atoms with E-state index in [2.05, 4.69) is 5.10 Å². The van der Waals surface area contributed by atoms with Gasteiger partial charge in [0.05, 0.1) is 24.2 Å². The van der Waals surface area contributed by atoms with Crippen LogP contribution < -0.4 is 0 Å². The molecule has 2 aromatic heterocycles. The summed E-state index contributed by atoms with van der Waals surface area (Å²) in [4.78, 5) is 0.229. The molecule has 3 rings (SSSR count). The van der Waals surface area contributed by atoms with Gasteiger partial charge in [0.1, 0.15) is 15.0 Å². The summed E-state index contributed by atoms with van der Waals surface area (Å²) in [5, 5.41) is 4.37. The van der Waals surface area contributed by atoms with Gasteiger partial charge < -0.3 is 4.42 Å². The fraction of sp³-hybridized carbons (Fsp3) is 0.533. The first-order valence-electron chi connectivity index (χ1n) is 7.53. The average molecular weight is 392 g/mol. The van der Waals surface area contributed by atoms with Gasteiger partial charge in [-0.25, -0.2) is 8.42 Å². The van der Waals surface area contributed by atoms with Crippen molar-refractivity contribution in [3.05, 3.63) is 35.5 Å². The van der Waals surface area contributed by atoms with E-state index in [9.17, 15) is 8.42 Å². The van der Waals surface area contributed by atoms with Crippen LogP contribution in [0.4, 0.5) is 0 Å². The van der Waals surface area contributed by atoms with Crippen LogP contribution in [0.3, 0.4) is 0 Å². The Labute approximate surface area is 151 Å². The third-order valence-electron chi connectivity index (χ3n) is 4.29. The van der Waals surface area contributed by atoms with Gasteiger partial charge in [0.15, 0.2) is 0 Å². The Kier molecular flexibility index (Phi) is 4.49. The van der Waals surface area contributed by atoms with Gasteiger partial charge >= 0.3 is 0 Å². The first kappa shape index (κ1) is 17.8. The number of sulfonamides is 1. The molecule has 2 aromatic rings. The molecule has 1 fully saturated rings. The molecule has 0 amide bonds. The van der Waals surface area contributed by atoms with Crippen molar-refractivity contribution >= 4 is 33.2 Å². The van der Waals surface area contributed by atoms with Gasteiger partial charge in [0.2, 0.25) is 10.0 Å². The number of hydrogen-bond acceptors (Lipinski definition) is 4. The fourth-order valence-corrected chi connectivity index (χ4v) is 4.78. The summed E-state index contributed by atoms with van der Waals surface area (Å²) in [6, 6.07) is 3.47. The van der Waals surface area contributed by atoms with Crippen molar-refractivity contribution in [2.24, 2.45) is 5.92 Å². The fourth-order valence-electron chi connectivity index (χ4n) is 2.77. The number of furan rings is 1. The van der Waals surface area contributed by atoms with Gasteiger partial charge in [-0.05, 0) is 32.4 Å². The van der Waals surface area contributed by atoms with Gasteiger partial charge in [-0.3, -0.25) is 4.68 Å². The Morgan fingerprint density at radius 2 is 2.12 bits per heavy atom. The zero-order chi connectivity index (χ0) is 17.7. The standard InChI is InChI=1S/C15H19Cl2N3O3S/c1-10-14(11(2)20(18-10)8-12-7-15(12,16)17)24(21,22)19(3)9-13-5-4-6-23-13/h4-6,12H,7-9H2,1-3H3/t12-/m1/s1. The Hall–Kier alpha value is -1.02. The van der Waals surface area contributed by atoms with Crippen LogP contribution in [0.25, 0.3) is 0 Å². The minimum Gasteiger partial charge on any atom is -0.468 e. The maximum atomic E-state index is 12.9. The van der Waals surface area contributed by atoms with Crippen LogP contribution in [-0.4, -0.2) is 33.9 Å². The number of aromatic nitrogens is 2. The number of rotatable bonds is 6. The van der Waals surface area contributed by atoms with E-state index in [1.165, 1.54) is 17.6 Å². The van der Waals surface area contributed by atoms with Crippen molar-refractivity contribution in [2.75, 3.05) is 7.05 Å². The number of alkyl halides is 2. The highest BCUT2D eigenvalue weighted by atomic mass is 35.5. The highest BCUT2D eigenvalue weighted by Gasteiger charge is 2.52. The van der Waals surface area contributed by atoms with Crippen LogP contribution in [0, 0.1) is 19.8 Å². The molecule has 0 radical (unpaired) electrons. The Balaban J connectivity index is 1.86. The van der Waals surface area contributed by atoms with Gasteiger partial charge in [-0.1, -0.05) is 0 Å². The summed E-state index contributed by atoms with van der Waals surface area (Å²) in [5.41, 5.74) is 1.06. The minimum atomic E-state index is -3.68. The summed E-state index contributed by atoms with van der Waals surface area (Å²) < 4.78 is 33.3. The summed E-state index contributed by atoms with van der Waals surface area (Å²) in [7, 11) is -2.15. The van der Waals surface area contributed by atoms with Crippen LogP contribution in [0.15, 0.2) is 27.7 Å². The molecule has 132 valence electrons. The van der Waals surface area contributed by atoms with E-state index in [-0.39, 0.29) is 17.4 Å². The Morgan fingerprint density at radius 1 is 1.46 bits per heavy atom. The van der Waals surface area contributed by atoms with Crippen molar-refractivity contribution < 1.29 is 12.8 Å². The molecule has 0 bridgehead atoms. The zero-order valence-corrected chi connectivity index (χ0v) is 16.0. The van der Waals surface area contributed by atoms with Crippen molar-refractivity contribution in [2.45, 2.75) is 42.6 Å². The predicted molar refractivity (Wildman–Crippen MR) is 91.6 cm³/mol. The molecule has 9 heteroatoms. The second-order valence-electron chi connectivity index (χ2n) is 6.18. The minimum absolute atomic E-state index is 0.0928. The maximum Gasteiger partial charge on any atom is 0.246 e. The lowest BCUT2D eigenvalue weighted by Crippen LogP contribution is -2.27. The van der Waals surface area contributed by atoms with Crippen LogP contribution in [-0.2, 0) is 23.1 Å². The number of aryl methyl sites for hydroxylation is 1. The molecule has 24 heavy (non-hydrogen) atoms. The van der Waals surface area contributed by atoms with Gasteiger partial charge in [-0.2, -0.15) is 9.40 Å². The van der Waals surface area contributed by atoms with E-state index < -0.39 is 14.4 Å². The van der Waals surface area contributed by atoms with E-state index in [4.69, 9.17) is 27.6 Å². The highest BCUT2D eigenvalue weighted by Crippen LogP contribution is 2.54.